The Kier molecular flexibility index (Phi) is 5.63. The van der Waals surface area contributed by atoms with Crippen molar-refractivity contribution in [2.45, 2.75) is 54.2 Å². The van der Waals surface area contributed by atoms with E-state index >= 15 is 0 Å². The van der Waals surface area contributed by atoms with Crippen molar-refractivity contribution in [3.63, 3.8) is 0 Å². The zero-order chi connectivity index (χ0) is 20.6. The molecule has 1 aliphatic heterocycles. The van der Waals surface area contributed by atoms with Gasteiger partial charge in [-0.05, 0) is 50.2 Å². The fraction of sp³-hybridized carbons (Fsp3) is 0.550. The van der Waals surface area contributed by atoms with Crippen LogP contribution in [0.1, 0.15) is 32.1 Å². The van der Waals surface area contributed by atoms with Gasteiger partial charge in [0.2, 0.25) is 5.91 Å². The van der Waals surface area contributed by atoms with Gasteiger partial charge in [-0.2, -0.15) is 5.26 Å². The number of nitrogens with one attached hydrogen (secondary N) is 2. The van der Waals surface area contributed by atoms with E-state index in [0.29, 0.717) is 12.3 Å². The molecule has 1 saturated heterocycles. The second-order valence-corrected chi connectivity index (χ2v) is 9.82. The first kappa shape index (κ1) is 20.3. The van der Waals surface area contributed by atoms with Gasteiger partial charge >= 0.3 is 0 Å². The summed E-state index contributed by atoms with van der Waals surface area (Å²) in [4.78, 5) is 24.8. The minimum absolute atomic E-state index is 0.000116. The minimum Gasteiger partial charge on any atom is -0.484 e. The Morgan fingerprint density at radius 1 is 1.34 bits per heavy atom. The molecule has 4 fully saturated rings. The number of nitriles is 1. The lowest BCUT2D eigenvalue weighted by atomic mass is 9.76. The van der Waals surface area contributed by atoms with Crippen LogP contribution in [0.3, 0.4) is 0 Å². The number of nitrogens with zero attached hydrogens (tertiary/aromatic N) is 1. The highest BCUT2D eigenvalue weighted by atomic mass is 35.5. The molecule has 3 unspecified atom stereocenters. The molecule has 2 N–H and O–H groups in total. The van der Waals surface area contributed by atoms with Gasteiger partial charge in [-0.3, -0.25) is 9.59 Å². The Morgan fingerprint density at radius 2 is 2.14 bits per heavy atom. The number of benzene rings is 1. The van der Waals surface area contributed by atoms with E-state index in [9.17, 15) is 14.0 Å². The molecule has 1 aromatic carbocycles. The lowest BCUT2D eigenvalue weighted by molar-refractivity contribution is -0.126. The number of hydrogen-bond donors (Lipinski definition) is 2. The number of carbonyl (C=O) groups is 2. The number of halogens is 2. The molecule has 2 amide bonds. The first-order valence-corrected chi connectivity index (χ1v) is 10.9. The number of amides is 2. The number of ether oxygens (including phenoxy) is 1. The molecular weight excluding hydrogens is 417 g/mol. The highest BCUT2D eigenvalue weighted by molar-refractivity contribution is 8.01. The molecule has 4 aliphatic rings. The van der Waals surface area contributed by atoms with Crippen LogP contribution in [-0.2, 0) is 9.59 Å². The molecule has 29 heavy (non-hydrogen) atoms. The number of fused-ring (bicyclic) bond motifs is 1. The van der Waals surface area contributed by atoms with Crippen LogP contribution >= 0.6 is 23.4 Å². The number of carbonyl (C=O) groups excluding carboxylic acids is 2. The summed E-state index contributed by atoms with van der Waals surface area (Å²) in [6.45, 7) is -0.210. The van der Waals surface area contributed by atoms with Crippen LogP contribution in [0.15, 0.2) is 18.2 Å². The van der Waals surface area contributed by atoms with Crippen LogP contribution in [0, 0.1) is 23.1 Å². The Morgan fingerprint density at radius 3 is 2.83 bits per heavy atom. The molecular formula is C20H21ClFN3O3S. The molecule has 1 heterocycles. The summed E-state index contributed by atoms with van der Waals surface area (Å²) < 4.78 is 18.8. The van der Waals surface area contributed by atoms with E-state index in [2.05, 4.69) is 16.7 Å². The Labute approximate surface area is 177 Å². The molecule has 0 aromatic heterocycles. The van der Waals surface area contributed by atoms with Gasteiger partial charge in [0, 0.05) is 17.6 Å². The van der Waals surface area contributed by atoms with Crippen LogP contribution in [0.2, 0.25) is 5.02 Å². The second kappa shape index (κ2) is 8.04. The maximum absolute atomic E-state index is 13.4. The smallest absolute Gasteiger partial charge is 0.258 e. The van der Waals surface area contributed by atoms with Crippen molar-refractivity contribution in [1.29, 1.82) is 5.26 Å². The molecule has 3 aliphatic carbocycles. The molecule has 0 radical (unpaired) electrons. The van der Waals surface area contributed by atoms with Crippen molar-refractivity contribution in [3.05, 3.63) is 29.0 Å². The average molecular weight is 438 g/mol. The van der Waals surface area contributed by atoms with Gasteiger partial charge in [0.1, 0.15) is 11.6 Å². The third-order valence-electron chi connectivity index (χ3n) is 5.93. The van der Waals surface area contributed by atoms with Gasteiger partial charge in [0.25, 0.3) is 5.91 Å². The van der Waals surface area contributed by atoms with E-state index in [1.165, 1.54) is 23.9 Å². The molecule has 1 aromatic rings. The Bertz CT molecular complexity index is 871. The fourth-order valence-corrected chi connectivity index (χ4v) is 5.86. The van der Waals surface area contributed by atoms with Crippen molar-refractivity contribution in [3.8, 4) is 11.8 Å². The summed E-state index contributed by atoms with van der Waals surface area (Å²) in [5.74, 6) is -0.259. The normalized spacial score (nSPS) is 32.2. The lowest BCUT2D eigenvalue weighted by Crippen LogP contribution is -2.53. The zero-order valence-electron chi connectivity index (χ0n) is 15.6. The number of thioether (sulfide) groups is 1. The first-order chi connectivity index (χ1) is 13.9. The fourth-order valence-electron chi connectivity index (χ4n) is 4.55. The molecule has 3 atom stereocenters. The highest BCUT2D eigenvalue weighted by Crippen LogP contribution is 2.52. The lowest BCUT2D eigenvalue weighted by Gasteiger charge is -2.39. The van der Waals surface area contributed by atoms with Crippen LogP contribution < -0.4 is 15.4 Å². The molecule has 5 rings (SSSR count). The van der Waals surface area contributed by atoms with E-state index in [0.717, 1.165) is 31.7 Å². The summed E-state index contributed by atoms with van der Waals surface area (Å²) in [5.41, 5.74) is -0.299. The summed E-state index contributed by atoms with van der Waals surface area (Å²) in [7, 11) is 0. The predicted octanol–water partition coefficient (Wildman–Crippen LogP) is 2.80. The molecule has 154 valence electrons. The van der Waals surface area contributed by atoms with Gasteiger partial charge < -0.3 is 15.4 Å². The minimum atomic E-state index is -0.596. The summed E-state index contributed by atoms with van der Waals surface area (Å²) >= 11 is 7.07. The number of hydrogen-bond acceptors (Lipinski definition) is 5. The largest absolute Gasteiger partial charge is 0.484 e. The van der Waals surface area contributed by atoms with Crippen LogP contribution in [0.4, 0.5) is 4.39 Å². The molecule has 2 bridgehead atoms. The second-order valence-electron chi connectivity index (χ2n) is 8.00. The van der Waals surface area contributed by atoms with Crippen LogP contribution in [0.5, 0.6) is 5.75 Å². The molecule has 9 heteroatoms. The van der Waals surface area contributed by atoms with Crippen molar-refractivity contribution < 1.29 is 18.7 Å². The Hall–Kier alpha value is -1.98. The quantitative estimate of drug-likeness (QED) is 0.714. The first-order valence-electron chi connectivity index (χ1n) is 9.62. The standard InChI is InChI=1S/C20H21ClFN3O3S/c21-14-3-1-12(5-15(14)22)28-10-18(26)25-20-6-11(7-20)16(8-20)24-19(27)17-4-2-13(9-23)29-17/h1,3,5,11,13,16-17H,2,4,6-8,10H2,(H,24,27)(H,25,26). The maximum Gasteiger partial charge on any atom is 0.258 e. The third kappa shape index (κ3) is 4.31. The van der Waals surface area contributed by atoms with Crippen LogP contribution in [-0.4, -0.2) is 40.5 Å². The van der Waals surface area contributed by atoms with E-state index in [4.69, 9.17) is 21.6 Å². The third-order valence-corrected chi connectivity index (χ3v) is 7.69. The van der Waals surface area contributed by atoms with Crippen LogP contribution in [0.25, 0.3) is 0 Å². The zero-order valence-corrected chi connectivity index (χ0v) is 17.2. The average Bonchev–Trinajstić information content (AvgIpc) is 3.35. The topological polar surface area (TPSA) is 91.2 Å². The summed E-state index contributed by atoms with van der Waals surface area (Å²) in [6.07, 6.45) is 3.85. The highest BCUT2D eigenvalue weighted by Gasteiger charge is 2.57. The van der Waals surface area contributed by atoms with Gasteiger partial charge in [-0.15, -0.1) is 11.8 Å². The summed E-state index contributed by atoms with van der Waals surface area (Å²) in [6, 6.07) is 6.30. The van der Waals surface area contributed by atoms with Gasteiger partial charge in [0.15, 0.2) is 6.61 Å². The van der Waals surface area contributed by atoms with Crippen molar-refractivity contribution in [2.75, 3.05) is 6.61 Å². The Balaban J connectivity index is 1.24. The molecule has 0 spiro atoms. The van der Waals surface area contributed by atoms with Crippen molar-refractivity contribution >= 4 is 35.2 Å². The van der Waals surface area contributed by atoms with Gasteiger partial charge in [-0.1, -0.05) is 11.6 Å². The van der Waals surface area contributed by atoms with Gasteiger partial charge in [-0.25, -0.2) is 4.39 Å². The SMILES string of the molecule is N#CC1CCC(C(=O)NC2CC3(NC(=O)COc4ccc(Cl)c(F)c4)CC2C3)S1. The predicted molar refractivity (Wildman–Crippen MR) is 107 cm³/mol. The molecule has 6 nitrogen and oxygen atoms in total. The summed E-state index contributed by atoms with van der Waals surface area (Å²) in [5, 5.41) is 14.9. The van der Waals surface area contributed by atoms with Crippen molar-refractivity contribution in [2.24, 2.45) is 5.92 Å². The maximum atomic E-state index is 13.4. The van der Waals surface area contributed by atoms with Crippen molar-refractivity contribution in [1.82, 2.24) is 10.6 Å². The van der Waals surface area contributed by atoms with E-state index in [1.54, 1.807) is 0 Å². The van der Waals surface area contributed by atoms with E-state index in [1.807, 2.05) is 0 Å². The molecule has 3 saturated carbocycles. The van der Waals surface area contributed by atoms with E-state index in [-0.39, 0.29) is 51.3 Å². The van der Waals surface area contributed by atoms with Gasteiger partial charge in [0.05, 0.1) is 21.6 Å². The monoisotopic (exact) mass is 437 g/mol. The number of rotatable bonds is 6. The van der Waals surface area contributed by atoms with E-state index < -0.39 is 5.82 Å².